The van der Waals surface area contributed by atoms with E-state index in [9.17, 15) is 0 Å². The molecule has 0 spiro atoms. The number of hydrogen-bond acceptors (Lipinski definition) is 3. The third-order valence-corrected chi connectivity index (χ3v) is 4.66. The molecule has 3 rings (SSSR count). The lowest BCUT2D eigenvalue weighted by atomic mass is 10.1. The van der Waals surface area contributed by atoms with Crippen LogP contribution < -0.4 is 5.32 Å². The van der Waals surface area contributed by atoms with Crippen molar-refractivity contribution in [3.63, 3.8) is 0 Å². The Labute approximate surface area is 137 Å². The zero-order valence-electron chi connectivity index (χ0n) is 10.9. The topological polar surface area (TPSA) is 48.7 Å². The minimum absolute atomic E-state index is 0.0435. The molecule has 21 heavy (non-hydrogen) atoms. The van der Waals surface area contributed by atoms with Gasteiger partial charge in [0.05, 0.1) is 5.02 Å². The molecule has 1 aliphatic carbocycles. The van der Waals surface area contributed by atoms with Gasteiger partial charge in [-0.3, -0.25) is 0 Å². The summed E-state index contributed by atoms with van der Waals surface area (Å²) in [5.74, 6) is 0.367. The fourth-order valence-corrected chi connectivity index (χ4v) is 3.22. The van der Waals surface area contributed by atoms with Gasteiger partial charge in [0.15, 0.2) is 11.0 Å². The van der Waals surface area contributed by atoms with Crippen molar-refractivity contribution in [2.75, 3.05) is 5.32 Å². The zero-order valence-corrected chi connectivity index (χ0v) is 13.1. The van der Waals surface area contributed by atoms with Crippen LogP contribution in [0.25, 0.3) is 0 Å². The molecule has 2 aromatic rings. The third kappa shape index (κ3) is 2.55. The van der Waals surface area contributed by atoms with Crippen LogP contribution in [0, 0.1) is 11.3 Å². The summed E-state index contributed by atoms with van der Waals surface area (Å²) in [4.78, 5) is 4.14. The summed E-state index contributed by atoms with van der Waals surface area (Å²) < 4.78 is 0. The van der Waals surface area contributed by atoms with Crippen LogP contribution in [0.15, 0.2) is 18.2 Å². The van der Waals surface area contributed by atoms with Crippen molar-refractivity contribution in [3.8, 4) is 6.07 Å². The predicted octanol–water partition coefficient (Wildman–Crippen LogP) is 5.15. The highest BCUT2D eigenvalue weighted by Gasteiger charge is 2.19. The van der Waals surface area contributed by atoms with Gasteiger partial charge in [-0.05, 0) is 36.5 Å². The second kappa shape index (κ2) is 5.73. The van der Waals surface area contributed by atoms with E-state index in [1.54, 1.807) is 0 Å². The van der Waals surface area contributed by atoms with Gasteiger partial charge < -0.3 is 5.32 Å². The number of nitrogens with one attached hydrogen (secondary N) is 1. The van der Waals surface area contributed by atoms with E-state index in [0.717, 1.165) is 24.9 Å². The zero-order chi connectivity index (χ0) is 15.0. The van der Waals surface area contributed by atoms with Crippen LogP contribution in [0.2, 0.25) is 15.2 Å². The van der Waals surface area contributed by atoms with Gasteiger partial charge in [0.2, 0.25) is 0 Å². The van der Waals surface area contributed by atoms with Gasteiger partial charge >= 0.3 is 0 Å². The van der Waals surface area contributed by atoms with E-state index in [4.69, 9.17) is 40.1 Å². The smallest absolute Gasteiger partial charge is 0.152 e. The van der Waals surface area contributed by atoms with E-state index in [1.807, 2.05) is 18.2 Å². The maximum absolute atomic E-state index is 8.99. The summed E-state index contributed by atoms with van der Waals surface area (Å²) in [6.45, 7) is 0. The van der Waals surface area contributed by atoms with Crippen molar-refractivity contribution in [1.82, 2.24) is 4.98 Å². The Bertz CT molecular complexity index is 766. The summed E-state index contributed by atoms with van der Waals surface area (Å²) in [7, 11) is 0. The molecule has 0 bridgehead atoms. The Morgan fingerprint density at radius 3 is 2.71 bits per heavy atom. The lowest BCUT2D eigenvalue weighted by Crippen LogP contribution is -2.00. The number of pyridine rings is 1. The Morgan fingerprint density at radius 2 is 1.95 bits per heavy atom. The number of rotatable bonds is 2. The SMILES string of the molecule is N#Cc1c(Cl)nc(Nc2cccc3c2CCC3)c(Cl)c1Cl. The molecule has 6 heteroatoms. The van der Waals surface area contributed by atoms with Crippen LogP contribution >= 0.6 is 34.8 Å². The van der Waals surface area contributed by atoms with Crippen LogP contribution in [0.3, 0.4) is 0 Å². The Kier molecular flexibility index (Phi) is 3.95. The van der Waals surface area contributed by atoms with Crippen LogP contribution in [-0.4, -0.2) is 4.98 Å². The second-order valence-corrected chi connectivity index (χ2v) is 5.90. The van der Waals surface area contributed by atoms with E-state index in [-0.39, 0.29) is 20.8 Å². The number of aromatic nitrogens is 1. The summed E-state index contributed by atoms with van der Waals surface area (Å²) >= 11 is 18.2. The summed E-state index contributed by atoms with van der Waals surface area (Å²) in [5, 5.41) is 12.5. The van der Waals surface area contributed by atoms with E-state index in [0.29, 0.717) is 5.82 Å². The van der Waals surface area contributed by atoms with Gasteiger partial charge in [0, 0.05) is 5.69 Å². The molecule has 0 amide bonds. The highest BCUT2D eigenvalue weighted by Crippen LogP contribution is 2.38. The molecule has 1 aliphatic rings. The fraction of sp³-hybridized carbons (Fsp3) is 0.200. The lowest BCUT2D eigenvalue weighted by molar-refractivity contribution is 0.912. The predicted molar refractivity (Wildman–Crippen MR) is 85.7 cm³/mol. The van der Waals surface area contributed by atoms with E-state index < -0.39 is 0 Å². The van der Waals surface area contributed by atoms with E-state index in [1.165, 1.54) is 11.1 Å². The maximum atomic E-state index is 8.99. The maximum Gasteiger partial charge on any atom is 0.152 e. The Morgan fingerprint density at radius 1 is 1.14 bits per heavy atom. The first-order chi connectivity index (χ1) is 10.1. The largest absolute Gasteiger partial charge is 0.339 e. The van der Waals surface area contributed by atoms with Crippen molar-refractivity contribution in [3.05, 3.63) is 50.1 Å². The summed E-state index contributed by atoms with van der Waals surface area (Å²) in [5.41, 5.74) is 3.65. The number of nitrogens with zero attached hydrogens (tertiary/aromatic N) is 2. The quantitative estimate of drug-likeness (QED) is 0.771. The fourth-order valence-electron chi connectivity index (χ4n) is 2.55. The minimum atomic E-state index is 0.0435. The average molecular weight is 339 g/mol. The number of fused-ring (bicyclic) bond motifs is 1. The van der Waals surface area contributed by atoms with Gasteiger partial charge in [-0.1, -0.05) is 46.9 Å². The highest BCUT2D eigenvalue weighted by atomic mass is 35.5. The number of halogens is 3. The summed E-state index contributed by atoms with van der Waals surface area (Å²) in [6.07, 6.45) is 3.25. The molecule has 0 unspecified atom stereocenters. The molecule has 0 saturated carbocycles. The first-order valence-electron chi connectivity index (χ1n) is 6.44. The monoisotopic (exact) mass is 337 g/mol. The van der Waals surface area contributed by atoms with Crippen molar-refractivity contribution >= 4 is 46.3 Å². The van der Waals surface area contributed by atoms with Gasteiger partial charge in [0.25, 0.3) is 0 Å². The number of benzene rings is 1. The van der Waals surface area contributed by atoms with Gasteiger partial charge in [-0.2, -0.15) is 5.26 Å². The van der Waals surface area contributed by atoms with E-state index in [2.05, 4.69) is 16.4 Å². The van der Waals surface area contributed by atoms with Gasteiger partial charge in [0.1, 0.15) is 16.7 Å². The Balaban J connectivity index is 2.04. The molecule has 3 nitrogen and oxygen atoms in total. The molecular weight excluding hydrogens is 329 g/mol. The molecule has 0 radical (unpaired) electrons. The number of anilines is 2. The van der Waals surface area contributed by atoms with Crippen LogP contribution in [0.5, 0.6) is 0 Å². The van der Waals surface area contributed by atoms with Gasteiger partial charge in [-0.15, -0.1) is 0 Å². The minimum Gasteiger partial charge on any atom is -0.339 e. The van der Waals surface area contributed by atoms with Crippen LogP contribution in [0.4, 0.5) is 11.5 Å². The molecular formula is C15H10Cl3N3. The molecule has 1 heterocycles. The first-order valence-corrected chi connectivity index (χ1v) is 7.57. The Hall–Kier alpha value is -1.47. The summed E-state index contributed by atoms with van der Waals surface area (Å²) in [6, 6.07) is 7.99. The normalized spacial score (nSPS) is 12.9. The molecule has 1 N–H and O–H groups in total. The molecule has 1 aromatic heterocycles. The standard InChI is InChI=1S/C15H10Cl3N3/c16-12-10(7-19)14(18)21-15(13(12)17)20-11-6-2-4-8-3-1-5-9(8)11/h2,4,6H,1,3,5H2,(H,20,21). The second-order valence-electron chi connectivity index (χ2n) is 4.79. The van der Waals surface area contributed by atoms with Crippen molar-refractivity contribution < 1.29 is 0 Å². The molecule has 106 valence electrons. The first kappa shape index (κ1) is 14.5. The molecule has 0 aliphatic heterocycles. The highest BCUT2D eigenvalue weighted by molar-refractivity contribution is 6.45. The van der Waals surface area contributed by atoms with Crippen LogP contribution in [0.1, 0.15) is 23.1 Å². The van der Waals surface area contributed by atoms with Crippen LogP contribution in [-0.2, 0) is 12.8 Å². The molecule has 0 fully saturated rings. The van der Waals surface area contributed by atoms with Crippen molar-refractivity contribution in [1.29, 1.82) is 5.26 Å². The van der Waals surface area contributed by atoms with Crippen molar-refractivity contribution in [2.24, 2.45) is 0 Å². The molecule has 1 aromatic carbocycles. The third-order valence-electron chi connectivity index (χ3n) is 3.55. The molecule has 0 atom stereocenters. The number of nitriles is 1. The van der Waals surface area contributed by atoms with Gasteiger partial charge in [-0.25, -0.2) is 4.98 Å². The van der Waals surface area contributed by atoms with Crippen molar-refractivity contribution in [2.45, 2.75) is 19.3 Å². The number of hydrogen-bond donors (Lipinski definition) is 1. The molecule has 0 saturated heterocycles. The average Bonchev–Trinajstić information content (AvgIpc) is 2.94. The van der Waals surface area contributed by atoms with E-state index >= 15 is 0 Å². The lowest BCUT2D eigenvalue weighted by Gasteiger charge is -2.13. The number of aryl methyl sites for hydroxylation is 1.